The van der Waals surface area contributed by atoms with Crippen molar-refractivity contribution in [2.45, 2.75) is 6.18 Å². The summed E-state index contributed by atoms with van der Waals surface area (Å²) in [5, 5.41) is 2.24. The highest BCUT2D eigenvalue weighted by Gasteiger charge is 2.31. The van der Waals surface area contributed by atoms with Crippen molar-refractivity contribution in [1.29, 1.82) is 0 Å². The molecule has 0 atom stereocenters. The molecule has 0 heterocycles. The molecule has 0 radical (unpaired) electrons. The highest BCUT2D eigenvalue weighted by molar-refractivity contribution is 9.11. The smallest absolute Gasteiger partial charge is 0.416 e. The van der Waals surface area contributed by atoms with E-state index in [0.717, 1.165) is 18.2 Å². The molecule has 1 N–H and O–H groups in total. The Hall–Kier alpha value is -2.47. The van der Waals surface area contributed by atoms with E-state index in [-0.39, 0.29) is 37.4 Å². The van der Waals surface area contributed by atoms with Crippen LogP contribution in [-0.2, 0) is 15.7 Å². The number of nitrogens with one attached hydrogen (secondary N) is 1. The number of anilines is 1. The van der Waals surface area contributed by atoms with Gasteiger partial charge < -0.3 is 24.3 Å². The lowest BCUT2D eigenvalue weighted by Crippen LogP contribution is -2.21. The Bertz CT molecular complexity index is 966. The first kappa shape index (κ1) is 24.8. The molecule has 0 fully saturated rings. The van der Waals surface area contributed by atoms with Crippen molar-refractivity contribution in [1.82, 2.24) is 0 Å². The van der Waals surface area contributed by atoms with E-state index in [9.17, 15) is 22.8 Å². The Morgan fingerprint density at radius 3 is 2.00 bits per heavy atom. The fraction of sp³-hybridized carbons (Fsp3) is 0.263. The van der Waals surface area contributed by atoms with E-state index in [4.69, 9.17) is 18.9 Å². The van der Waals surface area contributed by atoms with Crippen molar-refractivity contribution in [2.75, 3.05) is 33.3 Å². The minimum atomic E-state index is -4.56. The third kappa shape index (κ3) is 5.62. The zero-order chi connectivity index (χ0) is 23.3. The molecule has 7 nitrogen and oxygen atoms in total. The number of amides is 1. The average Bonchev–Trinajstić information content (AvgIpc) is 2.71. The normalized spacial score (nSPS) is 11.0. The van der Waals surface area contributed by atoms with Crippen LogP contribution in [0.5, 0.6) is 17.2 Å². The van der Waals surface area contributed by atoms with Crippen molar-refractivity contribution in [3.8, 4) is 17.2 Å². The van der Waals surface area contributed by atoms with Crippen LogP contribution in [0.3, 0.4) is 0 Å². The SMILES string of the molecule is COc1c(Br)c(C(=O)OCC(=O)Nc2cccc(C(F)(F)F)c2)c(Br)c(OC)c1OC. The maximum Gasteiger partial charge on any atom is 0.416 e. The molecule has 2 aromatic rings. The van der Waals surface area contributed by atoms with Gasteiger partial charge in [-0.2, -0.15) is 13.2 Å². The summed E-state index contributed by atoms with van der Waals surface area (Å²) < 4.78 is 59.5. The molecule has 31 heavy (non-hydrogen) atoms. The van der Waals surface area contributed by atoms with Crippen LogP contribution in [0.4, 0.5) is 18.9 Å². The number of alkyl halides is 3. The van der Waals surface area contributed by atoms with Gasteiger partial charge in [0.1, 0.15) is 0 Å². The van der Waals surface area contributed by atoms with Gasteiger partial charge in [-0.25, -0.2) is 4.79 Å². The molecule has 0 aliphatic carbocycles. The van der Waals surface area contributed by atoms with Crippen LogP contribution in [0.15, 0.2) is 33.2 Å². The molecular weight excluding hydrogens is 555 g/mol. The van der Waals surface area contributed by atoms with E-state index in [0.29, 0.717) is 0 Å². The van der Waals surface area contributed by atoms with E-state index in [1.165, 1.54) is 27.4 Å². The number of hydrogen-bond donors (Lipinski definition) is 1. The molecule has 0 unspecified atom stereocenters. The Labute approximate surface area is 192 Å². The van der Waals surface area contributed by atoms with Crippen LogP contribution in [-0.4, -0.2) is 39.8 Å². The lowest BCUT2D eigenvalue weighted by Gasteiger charge is -2.18. The zero-order valence-electron chi connectivity index (χ0n) is 16.4. The predicted octanol–water partition coefficient (Wildman–Crippen LogP) is 5.05. The third-order valence-corrected chi connectivity index (χ3v) is 5.39. The molecule has 0 saturated heterocycles. The van der Waals surface area contributed by atoms with Gasteiger partial charge in [-0.05, 0) is 50.1 Å². The van der Waals surface area contributed by atoms with Crippen molar-refractivity contribution in [3.05, 3.63) is 44.3 Å². The van der Waals surface area contributed by atoms with E-state index in [2.05, 4.69) is 37.2 Å². The standard InChI is InChI=1S/C19H16Br2F3NO6/c1-28-15-13(20)12(14(21)16(29-2)17(15)30-3)18(27)31-8-11(26)25-10-6-4-5-9(7-10)19(22,23)24/h4-7H,8H2,1-3H3,(H,25,26). The Balaban J connectivity index is 2.19. The first-order chi connectivity index (χ1) is 14.5. The summed E-state index contributed by atoms with van der Waals surface area (Å²) in [5.41, 5.74) is -1.06. The largest absolute Gasteiger partial charge is 0.492 e. The maximum atomic E-state index is 12.8. The van der Waals surface area contributed by atoms with Crippen LogP contribution >= 0.6 is 31.9 Å². The van der Waals surface area contributed by atoms with E-state index < -0.39 is 30.2 Å². The van der Waals surface area contributed by atoms with Crippen LogP contribution in [0.1, 0.15) is 15.9 Å². The maximum absolute atomic E-state index is 12.8. The number of carbonyl (C=O) groups is 2. The fourth-order valence-corrected chi connectivity index (χ4v) is 4.20. The molecule has 0 aliphatic heterocycles. The molecule has 0 bridgehead atoms. The molecular formula is C19H16Br2F3NO6. The second-order valence-electron chi connectivity index (χ2n) is 5.81. The summed E-state index contributed by atoms with van der Waals surface area (Å²) in [4.78, 5) is 24.7. The molecule has 0 aromatic heterocycles. The summed E-state index contributed by atoms with van der Waals surface area (Å²) in [5.74, 6) is -1.22. The lowest BCUT2D eigenvalue weighted by atomic mass is 10.2. The van der Waals surface area contributed by atoms with E-state index >= 15 is 0 Å². The van der Waals surface area contributed by atoms with Gasteiger partial charge in [-0.3, -0.25) is 4.79 Å². The van der Waals surface area contributed by atoms with Gasteiger partial charge in [0.05, 0.1) is 41.4 Å². The second-order valence-corrected chi connectivity index (χ2v) is 7.39. The van der Waals surface area contributed by atoms with Crippen molar-refractivity contribution < 1.29 is 41.7 Å². The fourth-order valence-electron chi connectivity index (χ4n) is 2.53. The number of halogens is 5. The summed E-state index contributed by atoms with van der Waals surface area (Å²) in [6, 6.07) is 4.07. The van der Waals surface area contributed by atoms with E-state index in [1.807, 2.05) is 0 Å². The number of methoxy groups -OCH3 is 3. The number of esters is 1. The van der Waals surface area contributed by atoms with Crippen molar-refractivity contribution >= 4 is 49.4 Å². The summed E-state index contributed by atoms with van der Waals surface area (Å²) in [6.07, 6.45) is -4.56. The minimum Gasteiger partial charge on any atom is -0.492 e. The molecule has 0 saturated carbocycles. The zero-order valence-corrected chi connectivity index (χ0v) is 19.5. The molecule has 12 heteroatoms. The van der Waals surface area contributed by atoms with Gasteiger partial charge in [-0.1, -0.05) is 6.07 Å². The van der Waals surface area contributed by atoms with Gasteiger partial charge in [0, 0.05) is 5.69 Å². The van der Waals surface area contributed by atoms with Crippen LogP contribution < -0.4 is 19.5 Å². The lowest BCUT2D eigenvalue weighted by molar-refractivity contribution is -0.137. The summed E-state index contributed by atoms with van der Waals surface area (Å²) in [7, 11) is 4.09. The average molecular weight is 571 g/mol. The van der Waals surface area contributed by atoms with Crippen LogP contribution in [0.2, 0.25) is 0 Å². The van der Waals surface area contributed by atoms with Gasteiger partial charge in [0.25, 0.3) is 5.91 Å². The number of ether oxygens (including phenoxy) is 4. The van der Waals surface area contributed by atoms with Crippen LogP contribution in [0, 0.1) is 0 Å². The first-order valence-electron chi connectivity index (χ1n) is 8.36. The van der Waals surface area contributed by atoms with Gasteiger partial charge in [-0.15, -0.1) is 0 Å². The van der Waals surface area contributed by atoms with E-state index in [1.54, 1.807) is 0 Å². The van der Waals surface area contributed by atoms with Crippen molar-refractivity contribution in [3.63, 3.8) is 0 Å². The monoisotopic (exact) mass is 569 g/mol. The Kier molecular flexibility index (Phi) is 8.18. The molecule has 1 amide bonds. The summed E-state index contributed by atoms with van der Waals surface area (Å²) in [6.45, 7) is -0.745. The number of benzene rings is 2. The highest BCUT2D eigenvalue weighted by atomic mass is 79.9. The topological polar surface area (TPSA) is 83.1 Å². The number of hydrogen-bond acceptors (Lipinski definition) is 6. The first-order valence-corrected chi connectivity index (χ1v) is 9.94. The number of rotatable bonds is 7. The molecule has 0 aliphatic rings. The van der Waals surface area contributed by atoms with Gasteiger partial charge in [0.15, 0.2) is 18.1 Å². The third-order valence-electron chi connectivity index (χ3n) is 3.87. The molecule has 2 aromatic carbocycles. The Morgan fingerprint density at radius 2 is 1.52 bits per heavy atom. The Morgan fingerprint density at radius 1 is 0.968 bits per heavy atom. The predicted molar refractivity (Wildman–Crippen MR) is 112 cm³/mol. The molecule has 0 spiro atoms. The highest BCUT2D eigenvalue weighted by Crippen LogP contribution is 2.50. The molecule has 168 valence electrons. The second kappa shape index (κ2) is 10.2. The van der Waals surface area contributed by atoms with Gasteiger partial charge >= 0.3 is 12.1 Å². The minimum absolute atomic E-state index is 0.0404. The molecule has 2 rings (SSSR count). The summed E-state index contributed by atoms with van der Waals surface area (Å²) >= 11 is 6.47. The quantitative estimate of drug-likeness (QED) is 0.469. The van der Waals surface area contributed by atoms with Crippen molar-refractivity contribution in [2.24, 2.45) is 0 Å². The number of carbonyl (C=O) groups excluding carboxylic acids is 2. The van der Waals surface area contributed by atoms with Crippen LogP contribution in [0.25, 0.3) is 0 Å². The van der Waals surface area contributed by atoms with Gasteiger partial charge in [0.2, 0.25) is 5.75 Å².